The Morgan fingerprint density at radius 2 is 2.05 bits per heavy atom. The molecular formula is C16H22BrNO2. The molecule has 4 heteroatoms. The average Bonchev–Trinajstić information content (AvgIpc) is 2.39. The van der Waals surface area contributed by atoms with Crippen molar-refractivity contribution in [2.45, 2.75) is 40.3 Å². The molecule has 0 atom stereocenters. The minimum absolute atomic E-state index is 0.360. The van der Waals surface area contributed by atoms with Crippen LogP contribution in [-0.2, 0) is 6.54 Å². The third kappa shape index (κ3) is 5.44. The van der Waals surface area contributed by atoms with Gasteiger partial charge in [-0.3, -0.25) is 0 Å². The maximum absolute atomic E-state index is 5.68. The van der Waals surface area contributed by atoms with E-state index in [-0.39, 0.29) is 0 Å². The molecule has 0 aliphatic carbocycles. The summed E-state index contributed by atoms with van der Waals surface area (Å²) < 4.78 is 12.2. The fourth-order valence-electron chi connectivity index (χ4n) is 1.63. The van der Waals surface area contributed by atoms with Gasteiger partial charge in [0.2, 0.25) is 0 Å². The normalized spacial score (nSPS) is 10.1. The molecular weight excluding hydrogens is 318 g/mol. The highest BCUT2D eigenvalue weighted by Crippen LogP contribution is 2.36. The molecule has 0 aromatic heterocycles. The van der Waals surface area contributed by atoms with Crippen molar-refractivity contribution < 1.29 is 9.47 Å². The van der Waals surface area contributed by atoms with Crippen LogP contribution in [0.25, 0.3) is 0 Å². The van der Waals surface area contributed by atoms with Gasteiger partial charge in [-0.2, -0.15) is 0 Å². The van der Waals surface area contributed by atoms with Crippen molar-refractivity contribution in [1.82, 2.24) is 5.32 Å². The van der Waals surface area contributed by atoms with Gasteiger partial charge in [0, 0.05) is 12.6 Å². The van der Waals surface area contributed by atoms with Gasteiger partial charge < -0.3 is 14.8 Å². The molecule has 110 valence electrons. The number of nitrogens with one attached hydrogen (secondary N) is 1. The summed E-state index contributed by atoms with van der Waals surface area (Å²) >= 11 is 3.55. The van der Waals surface area contributed by atoms with E-state index in [9.17, 15) is 0 Å². The molecule has 0 aliphatic heterocycles. The van der Waals surface area contributed by atoms with E-state index in [4.69, 9.17) is 9.47 Å². The summed E-state index contributed by atoms with van der Waals surface area (Å²) in [6.45, 7) is 9.76. The van der Waals surface area contributed by atoms with Crippen molar-refractivity contribution in [3.63, 3.8) is 0 Å². The fraction of sp³-hybridized carbons (Fsp3) is 0.500. The molecule has 0 saturated carbocycles. The molecule has 0 aliphatic rings. The van der Waals surface area contributed by atoms with Crippen LogP contribution in [0.3, 0.4) is 0 Å². The van der Waals surface area contributed by atoms with Gasteiger partial charge >= 0.3 is 0 Å². The Morgan fingerprint density at radius 1 is 1.30 bits per heavy atom. The number of halogens is 1. The number of rotatable bonds is 7. The van der Waals surface area contributed by atoms with E-state index in [2.05, 4.69) is 46.9 Å². The molecule has 1 aromatic carbocycles. The van der Waals surface area contributed by atoms with Crippen LogP contribution in [0.2, 0.25) is 0 Å². The monoisotopic (exact) mass is 339 g/mol. The first kappa shape index (κ1) is 16.9. The Balaban J connectivity index is 2.94. The van der Waals surface area contributed by atoms with Crippen LogP contribution in [0.5, 0.6) is 11.5 Å². The lowest BCUT2D eigenvalue weighted by Crippen LogP contribution is -2.21. The Hall–Kier alpha value is -1.18. The summed E-state index contributed by atoms with van der Waals surface area (Å²) in [7, 11) is 0. The highest BCUT2D eigenvalue weighted by Gasteiger charge is 2.12. The lowest BCUT2D eigenvalue weighted by atomic mass is 10.2. The number of hydrogen-bond donors (Lipinski definition) is 1. The Bertz CT molecular complexity index is 489. The van der Waals surface area contributed by atoms with Crippen molar-refractivity contribution in [2.75, 3.05) is 13.2 Å². The predicted molar refractivity (Wildman–Crippen MR) is 86.2 cm³/mol. The predicted octanol–water partition coefficient (Wildman–Crippen LogP) is 3.75. The van der Waals surface area contributed by atoms with E-state index >= 15 is 0 Å². The smallest absolute Gasteiger partial charge is 0.176 e. The highest BCUT2D eigenvalue weighted by atomic mass is 79.9. The maximum Gasteiger partial charge on any atom is 0.176 e. The van der Waals surface area contributed by atoms with Crippen molar-refractivity contribution in [1.29, 1.82) is 0 Å². The molecule has 0 spiro atoms. The van der Waals surface area contributed by atoms with Crippen LogP contribution < -0.4 is 14.8 Å². The minimum atomic E-state index is 0.360. The molecule has 0 radical (unpaired) electrons. The first-order valence-corrected chi connectivity index (χ1v) is 7.58. The summed E-state index contributed by atoms with van der Waals surface area (Å²) in [6, 6.07) is 4.50. The summed E-state index contributed by atoms with van der Waals surface area (Å²) in [5.74, 6) is 7.16. The zero-order valence-corrected chi connectivity index (χ0v) is 14.1. The molecule has 3 nitrogen and oxygen atoms in total. The van der Waals surface area contributed by atoms with Crippen molar-refractivity contribution in [2.24, 2.45) is 0 Å². The van der Waals surface area contributed by atoms with Crippen LogP contribution in [0, 0.1) is 11.8 Å². The van der Waals surface area contributed by atoms with Gasteiger partial charge in [0.1, 0.15) is 6.61 Å². The van der Waals surface area contributed by atoms with Crippen molar-refractivity contribution in [3.05, 3.63) is 22.2 Å². The van der Waals surface area contributed by atoms with Crippen molar-refractivity contribution in [3.8, 4) is 23.3 Å². The van der Waals surface area contributed by atoms with Crippen LogP contribution >= 0.6 is 15.9 Å². The Kier molecular flexibility index (Phi) is 7.50. The summed E-state index contributed by atoms with van der Waals surface area (Å²) in [6.07, 6.45) is 0. The van der Waals surface area contributed by atoms with Crippen LogP contribution in [0.1, 0.15) is 33.3 Å². The van der Waals surface area contributed by atoms with Crippen LogP contribution in [-0.4, -0.2) is 19.3 Å². The third-order valence-corrected chi connectivity index (χ3v) is 3.14. The number of ether oxygens (including phenoxy) is 2. The minimum Gasteiger partial charge on any atom is -0.490 e. The second-order valence-electron chi connectivity index (χ2n) is 4.59. The van der Waals surface area contributed by atoms with E-state index < -0.39 is 0 Å². The quantitative estimate of drug-likeness (QED) is 0.767. The summed E-state index contributed by atoms with van der Waals surface area (Å²) in [5.41, 5.74) is 1.16. The lowest BCUT2D eigenvalue weighted by molar-refractivity contribution is 0.297. The topological polar surface area (TPSA) is 30.5 Å². The van der Waals surface area contributed by atoms with Gasteiger partial charge in [0.05, 0.1) is 11.1 Å². The van der Waals surface area contributed by atoms with E-state index in [0.717, 1.165) is 22.3 Å². The third-order valence-electron chi connectivity index (χ3n) is 2.55. The maximum atomic E-state index is 5.68. The first-order valence-electron chi connectivity index (χ1n) is 6.79. The second-order valence-corrected chi connectivity index (χ2v) is 5.44. The van der Waals surface area contributed by atoms with E-state index in [1.54, 1.807) is 6.92 Å². The van der Waals surface area contributed by atoms with E-state index in [1.165, 1.54) is 0 Å². The highest BCUT2D eigenvalue weighted by molar-refractivity contribution is 9.10. The molecule has 1 N–H and O–H groups in total. The van der Waals surface area contributed by atoms with Crippen LogP contribution in [0.15, 0.2) is 16.6 Å². The zero-order chi connectivity index (χ0) is 15.0. The molecule has 0 fully saturated rings. The average molecular weight is 340 g/mol. The largest absolute Gasteiger partial charge is 0.490 e. The van der Waals surface area contributed by atoms with Crippen molar-refractivity contribution >= 4 is 15.9 Å². The molecule has 1 aromatic rings. The number of benzene rings is 1. The van der Waals surface area contributed by atoms with Gasteiger partial charge in [-0.1, -0.05) is 19.8 Å². The lowest BCUT2D eigenvalue weighted by Gasteiger charge is -2.15. The molecule has 0 saturated heterocycles. The summed E-state index contributed by atoms with van der Waals surface area (Å²) in [5, 5.41) is 3.39. The Labute approximate surface area is 130 Å². The summed E-state index contributed by atoms with van der Waals surface area (Å²) in [4.78, 5) is 0. The Morgan fingerprint density at radius 3 is 2.65 bits per heavy atom. The molecule has 0 amide bonds. The standard InChI is InChI=1S/C16H22BrNO2/c1-5-7-8-20-16-14(17)9-13(11-18-12(3)4)10-15(16)19-6-2/h9-10,12,18H,6,8,11H2,1-4H3. The second kappa shape index (κ2) is 8.89. The van der Waals surface area contributed by atoms with E-state index in [1.807, 2.05) is 19.1 Å². The fourth-order valence-corrected chi connectivity index (χ4v) is 2.23. The van der Waals surface area contributed by atoms with Crippen LogP contribution in [0.4, 0.5) is 0 Å². The number of hydrogen-bond acceptors (Lipinski definition) is 3. The molecule has 1 rings (SSSR count). The van der Waals surface area contributed by atoms with Gasteiger partial charge in [-0.05, 0) is 47.5 Å². The SMILES string of the molecule is CC#CCOc1c(Br)cc(CNC(C)C)cc1OCC. The molecule has 0 bridgehead atoms. The first-order chi connectivity index (χ1) is 9.58. The zero-order valence-electron chi connectivity index (χ0n) is 12.5. The van der Waals surface area contributed by atoms with Gasteiger partial charge in [-0.15, -0.1) is 5.92 Å². The van der Waals surface area contributed by atoms with E-state index in [0.29, 0.717) is 25.0 Å². The molecule has 0 heterocycles. The molecule has 0 unspecified atom stereocenters. The van der Waals surface area contributed by atoms with Gasteiger partial charge in [-0.25, -0.2) is 0 Å². The van der Waals surface area contributed by atoms with Gasteiger partial charge in [0.25, 0.3) is 0 Å². The van der Waals surface area contributed by atoms with Gasteiger partial charge in [0.15, 0.2) is 11.5 Å². The molecule has 20 heavy (non-hydrogen) atoms.